The van der Waals surface area contributed by atoms with E-state index in [1.54, 1.807) is 31.2 Å². The quantitative estimate of drug-likeness (QED) is 0.648. The molecule has 0 amide bonds. The first kappa shape index (κ1) is 8.55. The number of nitrogens with two attached hydrogens (primary N) is 1. The highest BCUT2D eigenvalue weighted by molar-refractivity contribution is 5.63. The minimum Gasteiger partial charge on any atom is -0.507 e. The van der Waals surface area contributed by atoms with E-state index < -0.39 is 0 Å². The van der Waals surface area contributed by atoms with E-state index in [0.717, 1.165) is 0 Å². The molecule has 0 atom stereocenters. The molecule has 0 saturated heterocycles. The molecule has 0 unspecified atom stereocenters. The lowest BCUT2D eigenvalue weighted by Gasteiger charge is -2.02. The third-order valence-electron chi connectivity index (χ3n) is 2.01. The van der Waals surface area contributed by atoms with Crippen LogP contribution in [-0.4, -0.2) is 20.0 Å². The van der Waals surface area contributed by atoms with Crippen LogP contribution in [0.2, 0.25) is 0 Å². The molecule has 0 fully saturated rings. The number of rotatable bonds is 1. The first-order valence-corrected chi connectivity index (χ1v) is 4.15. The van der Waals surface area contributed by atoms with Gasteiger partial charge in [0.05, 0.1) is 5.56 Å². The molecule has 0 spiro atoms. The first-order chi connectivity index (χ1) is 6.70. The maximum absolute atomic E-state index is 9.56. The molecule has 5 heteroatoms. The summed E-state index contributed by atoms with van der Waals surface area (Å²) in [5.41, 5.74) is 0.579. The van der Waals surface area contributed by atoms with Gasteiger partial charge in [-0.2, -0.15) is 0 Å². The second-order valence-electron chi connectivity index (χ2n) is 2.96. The molecule has 2 rings (SSSR count). The Bertz CT molecular complexity index is 464. The van der Waals surface area contributed by atoms with Crippen molar-refractivity contribution >= 4 is 0 Å². The molecule has 5 nitrogen and oxygen atoms in total. The number of aromatic hydroxyl groups is 1. The monoisotopic (exact) mass is 190 g/mol. The molecule has 1 aromatic heterocycles. The maximum Gasteiger partial charge on any atom is 0.186 e. The van der Waals surface area contributed by atoms with E-state index in [0.29, 0.717) is 17.2 Å². The maximum atomic E-state index is 9.56. The van der Waals surface area contributed by atoms with Gasteiger partial charge in [0, 0.05) is 0 Å². The lowest BCUT2D eigenvalue weighted by molar-refractivity contribution is 0.476. The highest BCUT2D eigenvalue weighted by Crippen LogP contribution is 2.25. The Morgan fingerprint density at radius 2 is 2.00 bits per heavy atom. The number of aryl methyl sites for hydroxylation is 1. The lowest BCUT2D eigenvalue weighted by atomic mass is 10.2. The number of phenolic OH excluding ortho intramolecular Hbond substituents is 1. The van der Waals surface area contributed by atoms with Crippen molar-refractivity contribution in [2.75, 3.05) is 5.84 Å². The van der Waals surface area contributed by atoms with Gasteiger partial charge in [0.2, 0.25) is 0 Å². The Hall–Kier alpha value is -2.04. The van der Waals surface area contributed by atoms with Crippen LogP contribution >= 0.6 is 0 Å². The molecule has 0 radical (unpaired) electrons. The van der Waals surface area contributed by atoms with Gasteiger partial charge in [-0.15, -0.1) is 10.2 Å². The van der Waals surface area contributed by atoms with E-state index in [4.69, 9.17) is 5.84 Å². The Morgan fingerprint density at radius 3 is 2.57 bits per heavy atom. The van der Waals surface area contributed by atoms with Gasteiger partial charge in [0.25, 0.3) is 0 Å². The van der Waals surface area contributed by atoms with Crippen LogP contribution in [0.4, 0.5) is 0 Å². The van der Waals surface area contributed by atoms with Crippen molar-refractivity contribution in [3.05, 3.63) is 30.1 Å². The summed E-state index contributed by atoms with van der Waals surface area (Å²) >= 11 is 0. The van der Waals surface area contributed by atoms with Crippen LogP contribution in [0.1, 0.15) is 5.82 Å². The highest BCUT2D eigenvalue weighted by atomic mass is 16.3. The van der Waals surface area contributed by atoms with Crippen molar-refractivity contribution in [2.45, 2.75) is 6.92 Å². The van der Waals surface area contributed by atoms with Crippen molar-refractivity contribution in [1.29, 1.82) is 0 Å². The predicted octanol–water partition coefficient (Wildman–Crippen LogP) is 0.673. The number of phenols is 1. The molecule has 0 aliphatic heterocycles. The fraction of sp³-hybridized carbons (Fsp3) is 0.111. The van der Waals surface area contributed by atoms with Crippen LogP contribution in [-0.2, 0) is 0 Å². The lowest BCUT2D eigenvalue weighted by Crippen LogP contribution is -2.11. The smallest absolute Gasteiger partial charge is 0.186 e. The molecule has 14 heavy (non-hydrogen) atoms. The predicted molar refractivity (Wildman–Crippen MR) is 52.0 cm³/mol. The number of benzene rings is 1. The van der Waals surface area contributed by atoms with Crippen LogP contribution in [0.25, 0.3) is 11.4 Å². The van der Waals surface area contributed by atoms with Gasteiger partial charge < -0.3 is 10.9 Å². The minimum atomic E-state index is 0.145. The van der Waals surface area contributed by atoms with Crippen LogP contribution in [0.15, 0.2) is 24.3 Å². The van der Waals surface area contributed by atoms with Crippen molar-refractivity contribution in [3.63, 3.8) is 0 Å². The molecule has 0 aliphatic carbocycles. The van der Waals surface area contributed by atoms with E-state index in [2.05, 4.69) is 10.2 Å². The SMILES string of the molecule is Cc1nnc(-c2ccccc2O)n1N. The summed E-state index contributed by atoms with van der Waals surface area (Å²) in [5, 5.41) is 17.2. The summed E-state index contributed by atoms with van der Waals surface area (Å²) in [7, 11) is 0. The standard InChI is InChI=1S/C9H10N4O/c1-6-11-12-9(13(6)10)7-4-2-3-5-8(7)14/h2-5,14H,10H2,1H3. The van der Waals surface area contributed by atoms with Crippen molar-refractivity contribution in [2.24, 2.45) is 0 Å². The molecule has 0 saturated carbocycles. The number of hydrogen-bond donors (Lipinski definition) is 2. The van der Waals surface area contributed by atoms with Crippen LogP contribution in [0.5, 0.6) is 5.75 Å². The molecule has 0 bridgehead atoms. The van der Waals surface area contributed by atoms with Gasteiger partial charge in [-0.1, -0.05) is 12.1 Å². The molecular weight excluding hydrogens is 180 g/mol. The zero-order valence-corrected chi connectivity index (χ0v) is 7.68. The summed E-state index contributed by atoms with van der Waals surface area (Å²) in [4.78, 5) is 0. The summed E-state index contributed by atoms with van der Waals surface area (Å²) in [6.45, 7) is 1.75. The second kappa shape index (κ2) is 3.02. The Morgan fingerprint density at radius 1 is 1.29 bits per heavy atom. The van der Waals surface area contributed by atoms with Gasteiger partial charge in [-0.25, -0.2) is 4.68 Å². The highest BCUT2D eigenvalue weighted by Gasteiger charge is 2.11. The molecule has 1 heterocycles. The van der Waals surface area contributed by atoms with E-state index >= 15 is 0 Å². The molecule has 0 aliphatic rings. The normalized spacial score (nSPS) is 10.4. The second-order valence-corrected chi connectivity index (χ2v) is 2.96. The molecule has 3 N–H and O–H groups in total. The number of nitrogens with zero attached hydrogens (tertiary/aromatic N) is 3. The zero-order chi connectivity index (χ0) is 10.1. The fourth-order valence-corrected chi connectivity index (χ4v) is 1.22. The third kappa shape index (κ3) is 1.19. The van der Waals surface area contributed by atoms with Crippen molar-refractivity contribution < 1.29 is 5.11 Å². The van der Waals surface area contributed by atoms with Gasteiger partial charge >= 0.3 is 0 Å². The van der Waals surface area contributed by atoms with Crippen LogP contribution in [0.3, 0.4) is 0 Å². The van der Waals surface area contributed by atoms with Crippen molar-refractivity contribution in [3.8, 4) is 17.1 Å². The number of nitrogen functional groups attached to an aromatic ring is 1. The fourth-order valence-electron chi connectivity index (χ4n) is 1.22. The Balaban J connectivity index is 2.60. The Kier molecular flexibility index (Phi) is 1.85. The topological polar surface area (TPSA) is 77.0 Å². The van der Waals surface area contributed by atoms with Gasteiger partial charge in [-0.05, 0) is 19.1 Å². The first-order valence-electron chi connectivity index (χ1n) is 4.15. The number of hydrogen-bond acceptors (Lipinski definition) is 4. The average Bonchev–Trinajstić information content (AvgIpc) is 2.49. The van der Waals surface area contributed by atoms with Gasteiger partial charge in [0.15, 0.2) is 5.82 Å². The molecule has 72 valence electrons. The van der Waals surface area contributed by atoms with Crippen molar-refractivity contribution in [1.82, 2.24) is 14.9 Å². The number of para-hydroxylation sites is 1. The van der Waals surface area contributed by atoms with E-state index in [1.165, 1.54) is 4.68 Å². The van der Waals surface area contributed by atoms with E-state index in [1.807, 2.05) is 0 Å². The third-order valence-corrected chi connectivity index (χ3v) is 2.01. The summed E-state index contributed by atoms with van der Waals surface area (Å²) in [6.07, 6.45) is 0. The summed E-state index contributed by atoms with van der Waals surface area (Å²) < 4.78 is 1.34. The number of aromatic nitrogens is 3. The molecule has 1 aromatic carbocycles. The van der Waals surface area contributed by atoms with Gasteiger partial charge in [-0.3, -0.25) is 0 Å². The minimum absolute atomic E-state index is 0.145. The zero-order valence-electron chi connectivity index (χ0n) is 7.68. The van der Waals surface area contributed by atoms with Crippen LogP contribution in [0, 0.1) is 6.92 Å². The van der Waals surface area contributed by atoms with E-state index in [-0.39, 0.29) is 5.75 Å². The van der Waals surface area contributed by atoms with Crippen LogP contribution < -0.4 is 5.84 Å². The largest absolute Gasteiger partial charge is 0.507 e. The average molecular weight is 190 g/mol. The summed E-state index contributed by atoms with van der Waals surface area (Å²) in [6, 6.07) is 6.86. The van der Waals surface area contributed by atoms with Gasteiger partial charge in [0.1, 0.15) is 11.6 Å². The Labute approximate surface area is 80.8 Å². The van der Waals surface area contributed by atoms with E-state index in [9.17, 15) is 5.11 Å². The molecular formula is C9H10N4O. The summed E-state index contributed by atoms with van der Waals surface area (Å²) in [5.74, 6) is 6.89. The molecule has 2 aromatic rings.